The number of carbonyl (C=O) groups is 1. The molecule has 0 unspecified atom stereocenters. The van der Waals surface area contributed by atoms with Gasteiger partial charge >= 0.3 is 6.09 Å². The number of rotatable bonds is 0. The first kappa shape index (κ1) is 11.2. The molecule has 4 rings (SSSR count). The average Bonchev–Trinajstić information content (AvgIpc) is 2.96. The molecule has 1 amide bonds. The molecule has 1 aliphatic heterocycles. The Balaban J connectivity index is 2.13. The van der Waals surface area contributed by atoms with Crippen LogP contribution >= 0.6 is 0 Å². The van der Waals surface area contributed by atoms with Gasteiger partial charge in [0, 0.05) is 5.39 Å². The van der Waals surface area contributed by atoms with Gasteiger partial charge in [0.05, 0.1) is 29.8 Å². The van der Waals surface area contributed by atoms with Crippen LogP contribution in [0.3, 0.4) is 0 Å². The lowest BCUT2D eigenvalue weighted by molar-refractivity contribution is 0.202. The second-order valence-corrected chi connectivity index (χ2v) is 5.03. The topological polar surface area (TPSA) is 71.2 Å². The molecule has 0 bridgehead atoms. The number of aromatic nitrogens is 3. The van der Waals surface area contributed by atoms with E-state index in [1.807, 2.05) is 35.8 Å². The molecule has 100 valence electrons. The van der Waals surface area contributed by atoms with Crippen molar-refractivity contribution in [3.05, 3.63) is 30.5 Å². The molecule has 3 heterocycles. The first-order valence-corrected chi connectivity index (χ1v) is 6.43. The number of para-hydroxylation sites is 1. The van der Waals surface area contributed by atoms with Gasteiger partial charge in [0.15, 0.2) is 0 Å². The maximum atomic E-state index is 11.3. The molecule has 0 saturated heterocycles. The highest BCUT2D eigenvalue weighted by Gasteiger charge is 2.33. The maximum absolute atomic E-state index is 11.3. The fourth-order valence-corrected chi connectivity index (χ4v) is 2.91. The third-order valence-corrected chi connectivity index (χ3v) is 3.76. The van der Waals surface area contributed by atoms with E-state index >= 15 is 0 Å². The number of carboxylic acid groups (broad SMARTS) is 1. The minimum Gasteiger partial charge on any atom is -0.465 e. The van der Waals surface area contributed by atoms with Crippen molar-refractivity contribution in [1.82, 2.24) is 14.5 Å². The monoisotopic (exact) mass is 268 g/mol. The Morgan fingerprint density at radius 1 is 1.35 bits per heavy atom. The highest BCUT2D eigenvalue weighted by atomic mass is 16.4. The van der Waals surface area contributed by atoms with E-state index in [1.165, 1.54) is 4.90 Å². The van der Waals surface area contributed by atoms with Gasteiger partial charge in [0.25, 0.3) is 0 Å². The van der Waals surface area contributed by atoms with Crippen molar-refractivity contribution in [3.8, 4) is 0 Å². The summed E-state index contributed by atoms with van der Waals surface area (Å²) in [5.41, 5.74) is 2.59. The Kier molecular flexibility index (Phi) is 2.07. The van der Waals surface area contributed by atoms with Crippen molar-refractivity contribution >= 4 is 34.0 Å². The highest BCUT2D eigenvalue weighted by molar-refractivity contribution is 6.04. The summed E-state index contributed by atoms with van der Waals surface area (Å²) in [7, 11) is 0. The zero-order chi connectivity index (χ0) is 13.9. The van der Waals surface area contributed by atoms with E-state index in [2.05, 4.69) is 9.97 Å². The van der Waals surface area contributed by atoms with Crippen molar-refractivity contribution in [2.24, 2.45) is 0 Å². The second-order valence-electron chi connectivity index (χ2n) is 5.03. The van der Waals surface area contributed by atoms with Crippen molar-refractivity contribution in [3.63, 3.8) is 0 Å². The van der Waals surface area contributed by atoms with Gasteiger partial charge in [0.2, 0.25) is 5.95 Å². The summed E-state index contributed by atoms with van der Waals surface area (Å²) in [4.78, 5) is 21.4. The Morgan fingerprint density at radius 2 is 2.15 bits per heavy atom. The number of hydrogen-bond donors (Lipinski definition) is 1. The summed E-state index contributed by atoms with van der Waals surface area (Å²) in [6.45, 7) is 2.44. The number of amides is 1. The molecule has 0 spiro atoms. The normalized spacial score (nSPS) is 17.9. The van der Waals surface area contributed by atoms with Crippen LogP contribution in [0.2, 0.25) is 0 Å². The van der Waals surface area contributed by atoms with Crippen molar-refractivity contribution in [1.29, 1.82) is 0 Å². The van der Waals surface area contributed by atoms with Gasteiger partial charge in [-0.1, -0.05) is 18.2 Å². The summed E-state index contributed by atoms with van der Waals surface area (Å²) >= 11 is 0. The lowest BCUT2D eigenvalue weighted by atomic mass is 10.2. The quantitative estimate of drug-likeness (QED) is 0.680. The van der Waals surface area contributed by atoms with Crippen LogP contribution in [0.1, 0.15) is 13.0 Å². The zero-order valence-corrected chi connectivity index (χ0v) is 10.8. The van der Waals surface area contributed by atoms with E-state index in [4.69, 9.17) is 0 Å². The minimum absolute atomic E-state index is 0.0666. The maximum Gasteiger partial charge on any atom is 0.414 e. The van der Waals surface area contributed by atoms with Crippen LogP contribution in [0.15, 0.2) is 30.5 Å². The summed E-state index contributed by atoms with van der Waals surface area (Å²) in [6, 6.07) is 7.91. The van der Waals surface area contributed by atoms with E-state index < -0.39 is 6.09 Å². The van der Waals surface area contributed by atoms with Gasteiger partial charge < -0.3 is 9.67 Å². The highest BCUT2D eigenvalue weighted by Crippen LogP contribution is 2.36. The molecule has 0 fully saturated rings. The van der Waals surface area contributed by atoms with E-state index in [9.17, 15) is 9.90 Å². The van der Waals surface area contributed by atoms with Crippen LogP contribution in [-0.4, -0.2) is 32.3 Å². The molecule has 3 aromatic rings. The smallest absolute Gasteiger partial charge is 0.414 e. The van der Waals surface area contributed by atoms with Gasteiger partial charge in [-0.15, -0.1) is 0 Å². The summed E-state index contributed by atoms with van der Waals surface area (Å²) in [6.07, 6.45) is 0.735. The summed E-state index contributed by atoms with van der Waals surface area (Å²) < 4.78 is 1.99. The van der Waals surface area contributed by atoms with E-state index in [-0.39, 0.29) is 6.04 Å². The molecular weight excluding hydrogens is 256 g/mol. The predicted molar refractivity (Wildman–Crippen MR) is 75.1 cm³/mol. The zero-order valence-electron chi connectivity index (χ0n) is 10.8. The van der Waals surface area contributed by atoms with Crippen LogP contribution in [0.5, 0.6) is 0 Å². The Labute approximate surface area is 114 Å². The largest absolute Gasteiger partial charge is 0.465 e. The number of hydrogen-bond acceptors (Lipinski definition) is 3. The summed E-state index contributed by atoms with van der Waals surface area (Å²) in [5, 5.41) is 10.3. The van der Waals surface area contributed by atoms with Crippen LogP contribution in [-0.2, 0) is 0 Å². The van der Waals surface area contributed by atoms with Gasteiger partial charge in [0.1, 0.15) is 5.52 Å². The minimum atomic E-state index is -0.969. The van der Waals surface area contributed by atoms with Crippen LogP contribution < -0.4 is 4.90 Å². The van der Waals surface area contributed by atoms with Crippen molar-refractivity contribution < 1.29 is 9.90 Å². The lowest BCUT2D eigenvalue weighted by Gasteiger charge is -2.09. The Morgan fingerprint density at radius 3 is 2.95 bits per heavy atom. The molecule has 0 aliphatic carbocycles. The molecule has 1 N–H and O–H groups in total. The van der Waals surface area contributed by atoms with E-state index in [0.29, 0.717) is 12.5 Å². The first-order chi connectivity index (χ1) is 9.66. The number of benzene rings is 1. The fraction of sp³-hybridized carbons (Fsp3) is 0.214. The third-order valence-electron chi connectivity index (χ3n) is 3.76. The third kappa shape index (κ3) is 1.30. The molecule has 0 saturated carbocycles. The van der Waals surface area contributed by atoms with Gasteiger partial charge in [-0.3, -0.25) is 4.98 Å². The molecule has 6 nitrogen and oxygen atoms in total. The molecule has 1 atom stereocenters. The second kappa shape index (κ2) is 3.69. The lowest BCUT2D eigenvalue weighted by Crippen LogP contribution is -2.27. The Hall–Kier alpha value is -2.63. The molecule has 1 aliphatic rings. The first-order valence-electron chi connectivity index (χ1n) is 6.43. The Bertz CT molecular complexity index is 855. The fourth-order valence-electron chi connectivity index (χ4n) is 2.91. The summed E-state index contributed by atoms with van der Waals surface area (Å²) in [5.74, 6) is 0.484. The van der Waals surface area contributed by atoms with Gasteiger partial charge in [-0.25, -0.2) is 14.7 Å². The van der Waals surface area contributed by atoms with Gasteiger partial charge in [-0.2, -0.15) is 0 Å². The molecule has 20 heavy (non-hydrogen) atoms. The number of fused-ring (bicyclic) bond motifs is 5. The molecule has 6 heteroatoms. The molecular formula is C14H12N4O2. The SMILES string of the molecule is C[C@H]1CN(C(=O)O)c2nc3cnc4ccccc4c3n21. The molecule has 0 radical (unpaired) electrons. The van der Waals surface area contributed by atoms with Crippen molar-refractivity contribution in [2.45, 2.75) is 13.0 Å². The van der Waals surface area contributed by atoms with Crippen LogP contribution in [0, 0.1) is 0 Å². The average molecular weight is 268 g/mol. The van der Waals surface area contributed by atoms with Crippen LogP contribution in [0.4, 0.5) is 10.7 Å². The standard InChI is InChI=1S/C14H12N4O2/c1-8-7-17(14(19)20)13-16-11-6-15-10-5-3-2-4-9(10)12(11)18(8)13/h2-6,8H,7H2,1H3,(H,19,20)/t8-/m0/s1. The van der Waals surface area contributed by atoms with Gasteiger partial charge in [-0.05, 0) is 13.0 Å². The number of nitrogens with zero attached hydrogens (tertiary/aromatic N) is 4. The number of pyridine rings is 1. The van der Waals surface area contributed by atoms with E-state index in [1.54, 1.807) is 6.20 Å². The predicted octanol–water partition coefficient (Wildman–Crippen LogP) is 2.64. The van der Waals surface area contributed by atoms with E-state index in [0.717, 1.165) is 21.9 Å². The number of imidazole rings is 1. The molecule has 1 aromatic carbocycles. The van der Waals surface area contributed by atoms with Crippen molar-refractivity contribution in [2.75, 3.05) is 11.4 Å². The number of anilines is 1. The van der Waals surface area contributed by atoms with Crippen LogP contribution in [0.25, 0.3) is 21.9 Å². The molecule has 2 aromatic heterocycles.